The van der Waals surface area contributed by atoms with E-state index in [1.807, 2.05) is 4.90 Å². The first-order chi connectivity index (χ1) is 10.2. The van der Waals surface area contributed by atoms with E-state index in [1.165, 1.54) is 6.20 Å². The lowest BCUT2D eigenvalue weighted by Crippen LogP contribution is -2.38. The van der Waals surface area contributed by atoms with Crippen LogP contribution < -0.4 is 10.2 Å². The van der Waals surface area contributed by atoms with E-state index in [0.717, 1.165) is 12.8 Å². The van der Waals surface area contributed by atoms with Crippen molar-refractivity contribution in [1.82, 2.24) is 9.97 Å². The molecule has 0 unspecified atom stereocenters. The van der Waals surface area contributed by atoms with Crippen molar-refractivity contribution in [3.63, 3.8) is 0 Å². The Morgan fingerprint density at radius 3 is 2.86 bits per heavy atom. The molecule has 1 fully saturated rings. The number of piperidine rings is 1. The van der Waals surface area contributed by atoms with E-state index < -0.39 is 4.92 Å². The molecule has 9 nitrogen and oxygen atoms in total. The normalized spacial score (nSPS) is 16.0. The minimum Gasteiger partial charge on any atom is -0.394 e. The number of nitrogens with zero attached hydrogens (tertiary/aromatic N) is 4. The van der Waals surface area contributed by atoms with Crippen LogP contribution in [0, 0.1) is 10.1 Å². The number of hydrogen-bond donors (Lipinski definition) is 2. The number of nitrogens with one attached hydrogen (secondary N) is 1. The van der Waals surface area contributed by atoms with Crippen LogP contribution in [0.2, 0.25) is 0 Å². The van der Waals surface area contributed by atoms with Crippen molar-refractivity contribution in [3.05, 3.63) is 16.3 Å². The molecule has 1 aliphatic rings. The highest BCUT2D eigenvalue weighted by Crippen LogP contribution is 2.28. The smallest absolute Gasteiger partial charge is 0.329 e. The standard InChI is InChI=1S/C12H19N5O4/c1-13-12-14-8-10(17(19)20)11(15-12)16-4-2-9(3-5-16)21-7-6-18/h8-9,18H,2-7H2,1H3,(H,13,14,15). The molecular formula is C12H19N5O4. The first kappa shape index (κ1) is 15.4. The van der Waals surface area contributed by atoms with Crippen LogP contribution in [-0.2, 0) is 4.74 Å². The highest BCUT2D eigenvalue weighted by molar-refractivity contribution is 5.59. The minimum atomic E-state index is -0.469. The van der Waals surface area contributed by atoms with Crippen LogP contribution >= 0.6 is 0 Å². The Bertz CT molecular complexity index is 491. The van der Waals surface area contributed by atoms with E-state index >= 15 is 0 Å². The number of nitro groups is 1. The maximum Gasteiger partial charge on any atom is 0.329 e. The monoisotopic (exact) mass is 297 g/mol. The maximum atomic E-state index is 11.1. The van der Waals surface area contributed by atoms with Crippen molar-refractivity contribution in [1.29, 1.82) is 0 Å². The zero-order valence-corrected chi connectivity index (χ0v) is 11.9. The summed E-state index contributed by atoms with van der Waals surface area (Å²) in [5.74, 6) is 0.689. The lowest BCUT2D eigenvalue weighted by molar-refractivity contribution is -0.384. The third kappa shape index (κ3) is 3.76. The van der Waals surface area contributed by atoms with Crippen LogP contribution in [0.15, 0.2) is 6.20 Å². The van der Waals surface area contributed by atoms with Gasteiger partial charge in [-0.2, -0.15) is 4.98 Å². The van der Waals surface area contributed by atoms with Gasteiger partial charge in [0.15, 0.2) is 0 Å². The Labute approximate surface area is 122 Å². The molecular weight excluding hydrogens is 278 g/mol. The van der Waals surface area contributed by atoms with Crippen molar-refractivity contribution in [2.24, 2.45) is 0 Å². The summed E-state index contributed by atoms with van der Waals surface area (Å²) in [6.07, 6.45) is 2.80. The summed E-state index contributed by atoms with van der Waals surface area (Å²) < 4.78 is 5.48. The first-order valence-electron chi connectivity index (χ1n) is 6.82. The van der Waals surface area contributed by atoms with Crippen molar-refractivity contribution < 1.29 is 14.8 Å². The Morgan fingerprint density at radius 2 is 2.29 bits per heavy atom. The summed E-state index contributed by atoms with van der Waals surface area (Å²) in [6, 6.07) is 0. The zero-order valence-electron chi connectivity index (χ0n) is 11.9. The summed E-state index contributed by atoms with van der Waals surface area (Å²) in [4.78, 5) is 20.6. The molecule has 1 aliphatic heterocycles. The fraction of sp³-hybridized carbons (Fsp3) is 0.667. The molecule has 2 rings (SSSR count). The topological polar surface area (TPSA) is 114 Å². The molecule has 0 bridgehead atoms. The van der Waals surface area contributed by atoms with Gasteiger partial charge in [-0.25, -0.2) is 4.98 Å². The average molecular weight is 297 g/mol. The lowest BCUT2D eigenvalue weighted by Gasteiger charge is -2.32. The molecule has 0 aliphatic carbocycles. The van der Waals surface area contributed by atoms with Crippen molar-refractivity contribution >= 4 is 17.5 Å². The van der Waals surface area contributed by atoms with Crippen LogP contribution in [-0.4, -0.2) is 59.5 Å². The molecule has 116 valence electrons. The van der Waals surface area contributed by atoms with Crippen LogP contribution in [0.3, 0.4) is 0 Å². The summed E-state index contributed by atoms with van der Waals surface area (Å²) in [7, 11) is 1.67. The molecule has 0 radical (unpaired) electrons. The van der Waals surface area contributed by atoms with Gasteiger partial charge < -0.3 is 20.1 Å². The van der Waals surface area contributed by atoms with Crippen LogP contribution in [0.4, 0.5) is 17.5 Å². The van der Waals surface area contributed by atoms with E-state index in [1.54, 1.807) is 7.05 Å². The lowest BCUT2D eigenvalue weighted by atomic mass is 10.1. The number of anilines is 2. The highest BCUT2D eigenvalue weighted by Gasteiger charge is 2.27. The van der Waals surface area contributed by atoms with Crippen molar-refractivity contribution in [3.8, 4) is 0 Å². The third-order valence-corrected chi connectivity index (χ3v) is 3.36. The molecule has 0 atom stereocenters. The quantitative estimate of drug-likeness (QED) is 0.573. The highest BCUT2D eigenvalue weighted by atomic mass is 16.6. The van der Waals surface area contributed by atoms with Gasteiger partial charge in [-0.3, -0.25) is 10.1 Å². The Balaban J connectivity index is 2.09. The Morgan fingerprint density at radius 1 is 1.57 bits per heavy atom. The predicted molar refractivity (Wildman–Crippen MR) is 76.5 cm³/mol. The molecule has 9 heteroatoms. The number of aromatic nitrogens is 2. The van der Waals surface area contributed by atoms with E-state index in [0.29, 0.717) is 31.5 Å². The van der Waals surface area contributed by atoms with Gasteiger partial charge in [-0.1, -0.05) is 0 Å². The average Bonchev–Trinajstić information content (AvgIpc) is 2.52. The largest absolute Gasteiger partial charge is 0.394 e. The molecule has 2 heterocycles. The molecule has 2 N–H and O–H groups in total. The molecule has 0 aromatic carbocycles. The fourth-order valence-electron chi connectivity index (χ4n) is 2.30. The second-order valence-electron chi connectivity index (χ2n) is 4.69. The van der Waals surface area contributed by atoms with Gasteiger partial charge in [-0.15, -0.1) is 0 Å². The molecule has 0 spiro atoms. The second kappa shape index (κ2) is 7.14. The molecule has 1 saturated heterocycles. The number of hydrogen-bond acceptors (Lipinski definition) is 8. The van der Waals surface area contributed by atoms with Gasteiger partial charge in [0.1, 0.15) is 6.20 Å². The van der Waals surface area contributed by atoms with Crippen molar-refractivity contribution in [2.45, 2.75) is 18.9 Å². The number of aliphatic hydroxyl groups excluding tert-OH is 1. The van der Waals surface area contributed by atoms with Gasteiger partial charge in [0.05, 0.1) is 24.2 Å². The van der Waals surface area contributed by atoms with Gasteiger partial charge in [0, 0.05) is 20.1 Å². The van der Waals surface area contributed by atoms with Crippen LogP contribution in [0.5, 0.6) is 0 Å². The summed E-state index contributed by atoms with van der Waals surface area (Å²) in [6.45, 7) is 1.57. The second-order valence-corrected chi connectivity index (χ2v) is 4.69. The zero-order chi connectivity index (χ0) is 15.2. The van der Waals surface area contributed by atoms with E-state index in [2.05, 4.69) is 15.3 Å². The third-order valence-electron chi connectivity index (χ3n) is 3.36. The van der Waals surface area contributed by atoms with Crippen molar-refractivity contribution in [2.75, 3.05) is 43.6 Å². The molecule has 21 heavy (non-hydrogen) atoms. The fourth-order valence-corrected chi connectivity index (χ4v) is 2.30. The molecule has 0 amide bonds. The number of rotatable bonds is 6. The summed E-state index contributed by atoms with van der Waals surface area (Å²) >= 11 is 0. The van der Waals surface area contributed by atoms with Crippen LogP contribution in [0.25, 0.3) is 0 Å². The maximum absolute atomic E-state index is 11.1. The summed E-state index contributed by atoms with van der Waals surface area (Å²) in [5, 5.41) is 22.6. The predicted octanol–water partition coefficient (Wildman–Crippen LogP) is 0.404. The molecule has 1 aromatic heterocycles. The van der Waals surface area contributed by atoms with Gasteiger partial charge >= 0.3 is 5.69 Å². The molecule has 0 saturated carbocycles. The van der Waals surface area contributed by atoms with E-state index in [4.69, 9.17) is 9.84 Å². The van der Waals surface area contributed by atoms with Crippen LogP contribution in [0.1, 0.15) is 12.8 Å². The SMILES string of the molecule is CNc1ncc([N+](=O)[O-])c(N2CCC(OCCO)CC2)n1. The van der Waals surface area contributed by atoms with Gasteiger partial charge in [0.2, 0.25) is 11.8 Å². The first-order valence-corrected chi connectivity index (χ1v) is 6.82. The summed E-state index contributed by atoms with van der Waals surface area (Å²) in [5.41, 5.74) is -0.0938. The van der Waals surface area contributed by atoms with Gasteiger partial charge in [-0.05, 0) is 12.8 Å². The Kier molecular flexibility index (Phi) is 5.23. The van der Waals surface area contributed by atoms with E-state index in [-0.39, 0.29) is 18.4 Å². The molecule has 1 aromatic rings. The number of aliphatic hydroxyl groups is 1. The van der Waals surface area contributed by atoms with Gasteiger partial charge in [0.25, 0.3) is 0 Å². The van der Waals surface area contributed by atoms with E-state index in [9.17, 15) is 10.1 Å². The number of ether oxygens (including phenoxy) is 1. The minimum absolute atomic E-state index is 0.00310. The Hall–Kier alpha value is -2.00.